The molecule has 30 heavy (non-hydrogen) atoms. The zero-order valence-electron chi connectivity index (χ0n) is 17.6. The Morgan fingerprint density at radius 3 is 2.43 bits per heavy atom. The minimum Gasteiger partial charge on any atom is -0.497 e. The highest BCUT2D eigenvalue weighted by molar-refractivity contribution is 5.94. The number of benzene rings is 2. The predicted molar refractivity (Wildman–Crippen MR) is 113 cm³/mol. The van der Waals surface area contributed by atoms with Crippen molar-refractivity contribution in [3.05, 3.63) is 76.7 Å². The maximum atomic E-state index is 13.1. The van der Waals surface area contributed by atoms with Gasteiger partial charge in [-0.2, -0.15) is 0 Å². The van der Waals surface area contributed by atoms with E-state index in [1.54, 1.807) is 7.11 Å². The molecule has 1 saturated heterocycles. The summed E-state index contributed by atoms with van der Waals surface area (Å²) < 4.78 is 16.3. The van der Waals surface area contributed by atoms with Gasteiger partial charge in [-0.15, -0.1) is 0 Å². The molecule has 0 unspecified atom stereocenters. The number of methoxy groups -OCH3 is 1. The minimum atomic E-state index is 0.0468. The highest BCUT2D eigenvalue weighted by Gasteiger charge is 2.30. The van der Waals surface area contributed by atoms with Crippen molar-refractivity contribution >= 4 is 5.91 Å². The average Bonchev–Trinajstić information content (AvgIpc) is 3.39. The van der Waals surface area contributed by atoms with Crippen molar-refractivity contribution in [2.45, 2.75) is 39.3 Å². The van der Waals surface area contributed by atoms with Crippen LogP contribution < -0.4 is 9.47 Å². The molecule has 2 aromatic carbocycles. The number of carbonyl (C=O) groups excluding carboxylic acids is 1. The van der Waals surface area contributed by atoms with Crippen LogP contribution in [-0.2, 0) is 6.61 Å². The molecule has 2 heterocycles. The number of nitrogens with zero attached hydrogens (tertiary/aromatic N) is 2. The smallest absolute Gasteiger partial charge is 0.254 e. The fraction of sp³-hybridized carbons (Fsp3) is 0.333. The second kappa shape index (κ2) is 8.61. The largest absolute Gasteiger partial charge is 0.497 e. The number of hydrogen-bond acceptors (Lipinski definition) is 5. The predicted octanol–water partition coefficient (Wildman–Crippen LogP) is 4.86. The number of hydrogen-bond donors (Lipinski definition) is 0. The molecule has 1 fully saturated rings. The molecule has 0 saturated carbocycles. The molecule has 3 aromatic rings. The summed E-state index contributed by atoms with van der Waals surface area (Å²) in [7, 11) is 1.65. The van der Waals surface area contributed by atoms with Crippen LogP contribution in [0, 0.1) is 13.8 Å². The molecular formula is C24H26N2O4. The first-order valence-electron chi connectivity index (χ1n) is 10.2. The van der Waals surface area contributed by atoms with E-state index < -0.39 is 0 Å². The van der Waals surface area contributed by atoms with Crippen LogP contribution in [0.5, 0.6) is 11.5 Å². The Hall–Kier alpha value is -3.28. The zero-order chi connectivity index (χ0) is 21.1. The molecule has 6 nitrogen and oxygen atoms in total. The molecule has 1 amide bonds. The van der Waals surface area contributed by atoms with E-state index in [-0.39, 0.29) is 11.9 Å². The lowest BCUT2D eigenvalue weighted by Crippen LogP contribution is -2.30. The van der Waals surface area contributed by atoms with E-state index in [4.69, 9.17) is 14.0 Å². The number of carbonyl (C=O) groups is 1. The van der Waals surface area contributed by atoms with Gasteiger partial charge in [-0.05, 0) is 68.7 Å². The topological polar surface area (TPSA) is 64.8 Å². The first kappa shape index (κ1) is 20.0. The summed E-state index contributed by atoms with van der Waals surface area (Å²) in [6, 6.07) is 15.4. The Labute approximate surface area is 176 Å². The molecule has 156 valence electrons. The second-order valence-electron chi connectivity index (χ2n) is 7.55. The van der Waals surface area contributed by atoms with E-state index in [2.05, 4.69) is 5.16 Å². The third-order valence-corrected chi connectivity index (χ3v) is 5.68. The highest BCUT2D eigenvalue weighted by atomic mass is 16.5. The molecule has 6 heteroatoms. The first-order chi connectivity index (χ1) is 14.6. The summed E-state index contributed by atoms with van der Waals surface area (Å²) in [5, 5.41) is 3.94. The van der Waals surface area contributed by atoms with E-state index in [0.29, 0.717) is 17.9 Å². The molecule has 1 aliphatic rings. The molecule has 0 aliphatic carbocycles. The summed E-state index contributed by atoms with van der Waals surface area (Å²) >= 11 is 0. The summed E-state index contributed by atoms with van der Waals surface area (Å²) in [5.41, 5.74) is 3.59. The first-order valence-corrected chi connectivity index (χ1v) is 10.2. The fourth-order valence-corrected chi connectivity index (χ4v) is 3.91. The molecule has 4 rings (SSSR count). The van der Waals surface area contributed by atoms with Gasteiger partial charge in [0.25, 0.3) is 5.91 Å². The maximum Gasteiger partial charge on any atom is 0.254 e. The van der Waals surface area contributed by atoms with E-state index >= 15 is 0 Å². The molecule has 0 radical (unpaired) electrons. The van der Waals surface area contributed by atoms with Crippen molar-refractivity contribution < 1.29 is 18.8 Å². The lowest BCUT2D eigenvalue weighted by molar-refractivity contribution is 0.0735. The minimum absolute atomic E-state index is 0.0468. The molecule has 1 aliphatic heterocycles. The van der Waals surface area contributed by atoms with Crippen LogP contribution in [0.1, 0.15) is 51.8 Å². The van der Waals surface area contributed by atoms with E-state index in [1.165, 1.54) is 0 Å². The number of rotatable bonds is 6. The molecule has 0 spiro atoms. The van der Waals surface area contributed by atoms with E-state index in [9.17, 15) is 4.79 Å². The number of amides is 1. The summed E-state index contributed by atoms with van der Waals surface area (Å²) in [6.45, 7) is 4.92. The van der Waals surface area contributed by atoms with Crippen LogP contribution in [-0.4, -0.2) is 29.6 Å². The molecule has 0 bridgehead atoms. The summed E-state index contributed by atoms with van der Waals surface area (Å²) in [4.78, 5) is 15.1. The van der Waals surface area contributed by atoms with Gasteiger partial charge in [0.05, 0.1) is 24.4 Å². The zero-order valence-corrected chi connectivity index (χ0v) is 17.6. The van der Waals surface area contributed by atoms with Gasteiger partial charge in [0.2, 0.25) is 0 Å². The van der Waals surface area contributed by atoms with E-state index in [0.717, 1.165) is 47.7 Å². The third kappa shape index (κ3) is 4.03. The Bertz CT molecular complexity index is 989. The van der Waals surface area contributed by atoms with Gasteiger partial charge in [0, 0.05) is 12.1 Å². The van der Waals surface area contributed by atoms with Gasteiger partial charge in [-0.1, -0.05) is 17.3 Å². The third-order valence-electron chi connectivity index (χ3n) is 5.68. The number of likely N-dealkylation sites (tertiary alicyclic amines) is 1. The lowest BCUT2D eigenvalue weighted by Gasteiger charge is -2.25. The number of aromatic nitrogens is 1. The Balaban J connectivity index is 1.43. The van der Waals surface area contributed by atoms with Crippen molar-refractivity contribution in [1.82, 2.24) is 10.1 Å². The quantitative estimate of drug-likeness (QED) is 0.585. The van der Waals surface area contributed by atoms with Crippen molar-refractivity contribution in [2.24, 2.45) is 0 Å². The monoisotopic (exact) mass is 406 g/mol. The Morgan fingerprint density at radius 2 is 1.80 bits per heavy atom. The van der Waals surface area contributed by atoms with Crippen LogP contribution in [0.3, 0.4) is 0 Å². The summed E-state index contributed by atoms with van der Waals surface area (Å²) in [5.74, 6) is 2.34. The van der Waals surface area contributed by atoms with E-state index in [1.807, 2.05) is 67.3 Å². The van der Waals surface area contributed by atoms with Gasteiger partial charge in [0.15, 0.2) is 0 Å². The SMILES string of the molecule is COc1ccc([C@@H]2CCCN2C(=O)c2ccc(OCc3c(C)noc3C)cc2)cc1. The normalized spacial score (nSPS) is 16.0. The second-order valence-corrected chi connectivity index (χ2v) is 7.55. The molecule has 1 aromatic heterocycles. The van der Waals surface area contributed by atoms with Crippen molar-refractivity contribution in [3.8, 4) is 11.5 Å². The maximum absolute atomic E-state index is 13.1. The highest BCUT2D eigenvalue weighted by Crippen LogP contribution is 2.34. The summed E-state index contributed by atoms with van der Waals surface area (Å²) in [6.07, 6.45) is 1.97. The number of ether oxygens (including phenoxy) is 2. The fourth-order valence-electron chi connectivity index (χ4n) is 3.91. The van der Waals surface area contributed by atoms with Gasteiger partial charge in [0.1, 0.15) is 23.9 Å². The van der Waals surface area contributed by atoms with Crippen molar-refractivity contribution in [2.75, 3.05) is 13.7 Å². The van der Waals surface area contributed by atoms with Gasteiger partial charge in [-0.3, -0.25) is 4.79 Å². The van der Waals surface area contributed by atoms with Crippen LogP contribution in [0.4, 0.5) is 0 Å². The molecule has 1 atom stereocenters. The Kier molecular flexibility index (Phi) is 5.74. The van der Waals surface area contributed by atoms with Crippen LogP contribution >= 0.6 is 0 Å². The van der Waals surface area contributed by atoms with Crippen molar-refractivity contribution in [1.29, 1.82) is 0 Å². The molecular weight excluding hydrogens is 380 g/mol. The Morgan fingerprint density at radius 1 is 1.10 bits per heavy atom. The van der Waals surface area contributed by atoms with Gasteiger partial charge >= 0.3 is 0 Å². The van der Waals surface area contributed by atoms with Crippen LogP contribution in [0.15, 0.2) is 53.1 Å². The van der Waals surface area contributed by atoms with Crippen molar-refractivity contribution in [3.63, 3.8) is 0 Å². The average molecular weight is 406 g/mol. The lowest BCUT2D eigenvalue weighted by atomic mass is 10.0. The standard InChI is InChI=1S/C24H26N2O4/c1-16-22(17(2)30-25-16)15-29-21-12-8-19(9-13-21)24(27)26-14-4-5-23(26)18-6-10-20(28-3)11-7-18/h6-13,23H,4-5,14-15H2,1-3H3/t23-/m0/s1. The van der Waals surface area contributed by atoms with Gasteiger partial charge in [-0.25, -0.2) is 0 Å². The van der Waals surface area contributed by atoms with Crippen LogP contribution in [0.2, 0.25) is 0 Å². The number of aryl methyl sites for hydroxylation is 2. The van der Waals surface area contributed by atoms with Gasteiger partial charge < -0.3 is 18.9 Å². The molecule has 0 N–H and O–H groups in total. The van der Waals surface area contributed by atoms with Crippen LogP contribution in [0.25, 0.3) is 0 Å².